The predicted octanol–water partition coefficient (Wildman–Crippen LogP) is 2.63. The van der Waals surface area contributed by atoms with Gasteiger partial charge in [0.25, 0.3) is 21.6 Å². The van der Waals surface area contributed by atoms with Gasteiger partial charge in [0, 0.05) is 24.2 Å². The molecule has 3 rings (SSSR count). The van der Waals surface area contributed by atoms with E-state index >= 15 is 0 Å². The number of nitrogens with one attached hydrogen (secondary N) is 2. The lowest BCUT2D eigenvalue weighted by Crippen LogP contribution is -2.29. The Bertz CT molecular complexity index is 1080. The van der Waals surface area contributed by atoms with Crippen LogP contribution in [0.3, 0.4) is 0 Å². The van der Waals surface area contributed by atoms with E-state index in [-0.39, 0.29) is 21.8 Å². The Hall–Kier alpha value is -3.27. The number of sulfonamides is 1. The molecule has 10 heteroatoms. The first-order chi connectivity index (χ1) is 13.3. The van der Waals surface area contributed by atoms with Crippen LogP contribution in [0.25, 0.3) is 0 Å². The molecule has 1 heterocycles. The molecule has 0 saturated heterocycles. The summed E-state index contributed by atoms with van der Waals surface area (Å²) >= 11 is 0. The fraction of sp³-hybridized carbons (Fsp3) is 0.222. The molecule has 9 nitrogen and oxygen atoms in total. The highest BCUT2D eigenvalue weighted by Crippen LogP contribution is 2.24. The number of nitrogens with zero attached hydrogens (tertiary/aromatic N) is 2. The molecule has 0 unspecified atom stereocenters. The first kappa shape index (κ1) is 19.5. The van der Waals surface area contributed by atoms with Crippen LogP contribution in [0.1, 0.15) is 28.8 Å². The van der Waals surface area contributed by atoms with Gasteiger partial charge in [0.2, 0.25) is 0 Å². The average molecular weight is 402 g/mol. The zero-order valence-corrected chi connectivity index (χ0v) is 15.8. The molecule has 2 aromatic rings. The maximum atomic E-state index is 12.5. The van der Waals surface area contributed by atoms with Crippen molar-refractivity contribution in [3.8, 4) is 0 Å². The first-order valence-electron chi connectivity index (χ1n) is 8.49. The molecular weight excluding hydrogens is 384 g/mol. The molecule has 0 aliphatic carbocycles. The number of amidine groups is 1. The van der Waals surface area contributed by atoms with E-state index in [1.807, 2.05) is 0 Å². The molecule has 28 heavy (non-hydrogen) atoms. The molecule has 1 aliphatic heterocycles. The van der Waals surface area contributed by atoms with Gasteiger partial charge in [0.1, 0.15) is 11.4 Å². The van der Waals surface area contributed by atoms with Crippen LogP contribution in [0.5, 0.6) is 0 Å². The third-order valence-corrected chi connectivity index (χ3v) is 5.57. The first-order valence-corrected chi connectivity index (χ1v) is 9.98. The molecule has 0 bridgehead atoms. The largest absolute Gasteiger partial charge is 0.322 e. The van der Waals surface area contributed by atoms with Gasteiger partial charge < -0.3 is 5.32 Å². The Labute approximate surface area is 161 Å². The van der Waals surface area contributed by atoms with Crippen molar-refractivity contribution in [1.29, 1.82) is 0 Å². The number of anilines is 1. The second-order valence-corrected chi connectivity index (χ2v) is 7.93. The Kier molecular flexibility index (Phi) is 5.41. The number of aryl methyl sites for hydroxylation is 1. The number of para-hydroxylation sites is 1. The number of aliphatic imine (C=N–C) groups is 1. The highest BCUT2D eigenvalue weighted by Gasteiger charge is 2.23. The van der Waals surface area contributed by atoms with Crippen LogP contribution < -0.4 is 10.0 Å². The molecule has 0 saturated carbocycles. The SMILES string of the molecule is Cc1cccc(C(=O)Nc2cccc(S(=O)(=O)NC3=NCCC3)c2)c1[N+](=O)[O-]. The van der Waals surface area contributed by atoms with Crippen molar-refractivity contribution < 1.29 is 18.1 Å². The van der Waals surface area contributed by atoms with E-state index in [1.165, 1.54) is 30.3 Å². The predicted molar refractivity (Wildman–Crippen MR) is 104 cm³/mol. The highest BCUT2D eigenvalue weighted by molar-refractivity contribution is 7.90. The second kappa shape index (κ2) is 7.77. The van der Waals surface area contributed by atoms with E-state index < -0.39 is 20.9 Å². The number of amides is 1. The van der Waals surface area contributed by atoms with E-state index in [9.17, 15) is 23.3 Å². The smallest absolute Gasteiger partial charge is 0.285 e. The maximum absolute atomic E-state index is 12.5. The Morgan fingerprint density at radius 3 is 2.64 bits per heavy atom. The van der Waals surface area contributed by atoms with Crippen LogP contribution in [-0.2, 0) is 10.0 Å². The van der Waals surface area contributed by atoms with Gasteiger partial charge in [0.05, 0.1) is 9.82 Å². The normalized spacial score (nSPS) is 13.7. The zero-order valence-electron chi connectivity index (χ0n) is 15.0. The van der Waals surface area contributed by atoms with Crippen LogP contribution in [-0.4, -0.2) is 31.6 Å². The summed E-state index contributed by atoms with van der Waals surface area (Å²) in [6.07, 6.45) is 1.36. The minimum absolute atomic E-state index is 0.0429. The number of carbonyl (C=O) groups is 1. The molecule has 1 amide bonds. The second-order valence-electron chi connectivity index (χ2n) is 6.25. The van der Waals surface area contributed by atoms with Crippen LogP contribution in [0.2, 0.25) is 0 Å². The van der Waals surface area contributed by atoms with Gasteiger partial charge in [-0.05, 0) is 37.6 Å². The fourth-order valence-electron chi connectivity index (χ4n) is 2.86. The molecular formula is C18H18N4O5S. The molecule has 0 atom stereocenters. The molecule has 0 aromatic heterocycles. The van der Waals surface area contributed by atoms with Crippen LogP contribution in [0.15, 0.2) is 52.4 Å². The van der Waals surface area contributed by atoms with Crippen molar-refractivity contribution in [2.45, 2.75) is 24.7 Å². The van der Waals surface area contributed by atoms with Crippen molar-refractivity contribution in [3.05, 3.63) is 63.7 Å². The van der Waals surface area contributed by atoms with Crippen molar-refractivity contribution >= 4 is 33.1 Å². The summed E-state index contributed by atoms with van der Waals surface area (Å²) in [7, 11) is -3.84. The monoisotopic (exact) mass is 402 g/mol. The van der Waals surface area contributed by atoms with Gasteiger partial charge in [-0.3, -0.25) is 24.6 Å². The number of hydrogen-bond donors (Lipinski definition) is 2. The third-order valence-electron chi connectivity index (χ3n) is 4.19. The van der Waals surface area contributed by atoms with Gasteiger partial charge in [-0.2, -0.15) is 0 Å². The van der Waals surface area contributed by atoms with E-state index in [0.717, 1.165) is 6.42 Å². The Morgan fingerprint density at radius 1 is 1.21 bits per heavy atom. The molecule has 146 valence electrons. The summed E-state index contributed by atoms with van der Waals surface area (Å²) in [5, 5.41) is 13.8. The molecule has 1 aliphatic rings. The lowest BCUT2D eigenvalue weighted by atomic mass is 10.1. The van der Waals surface area contributed by atoms with E-state index in [2.05, 4.69) is 15.0 Å². The number of carbonyl (C=O) groups excluding carboxylic acids is 1. The number of benzene rings is 2. The van der Waals surface area contributed by atoms with E-state index in [1.54, 1.807) is 19.1 Å². The quantitative estimate of drug-likeness (QED) is 0.586. The lowest BCUT2D eigenvalue weighted by molar-refractivity contribution is -0.385. The molecule has 0 spiro atoms. The van der Waals surface area contributed by atoms with E-state index in [0.29, 0.717) is 24.4 Å². The van der Waals surface area contributed by atoms with Crippen LogP contribution in [0, 0.1) is 17.0 Å². The number of hydrogen-bond acceptors (Lipinski definition) is 6. The average Bonchev–Trinajstić information content (AvgIpc) is 3.13. The van der Waals surface area contributed by atoms with Gasteiger partial charge in [0.15, 0.2) is 0 Å². The zero-order chi connectivity index (χ0) is 20.3. The summed E-state index contributed by atoms with van der Waals surface area (Å²) in [5.41, 5.74) is 0.175. The van der Waals surface area contributed by atoms with E-state index in [4.69, 9.17) is 0 Å². The summed E-state index contributed by atoms with van der Waals surface area (Å²) < 4.78 is 27.4. The van der Waals surface area contributed by atoms with Gasteiger partial charge >= 0.3 is 0 Å². The summed E-state index contributed by atoms with van der Waals surface area (Å²) in [6, 6.07) is 10.1. The molecule has 2 aromatic carbocycles. The summed E-state index contributed by atoms with van der Waals surface area (Å²) in [4.78, 5) is 27.2. The number of rotatable bonds is 5. The van der Waals surface area contributed by atoms with Gasteiger partial charge in [-0.1, -0.05) is 18.2 Å². The van der Waals surface area contributed by atoms with Gasteiger partial charge in [-0.25, -0.2) is 8.42 Å². The van der Waals surface area contributed by atoms with Gasteiger partial charge in [-0.15, -0.1) is 0 Å². The fourth-order valence-corrected chi connectivity index (χ4v) is 4.00. The minimum atomic E-state index is -3.84. The summed E-state index contributed by atoms with van der Waals surface area (Å²) in [5.74, 6) is -0.289. The maximum Gasteiger partial charge on any atom is 0.285 e. The van der Waals surface area contributed by atoms with Crippen LogP contribution in [0.4, 0.5) is 11.4 Å². The van der Waals surface area contributed by atoms with Crippen LogP contribution >= 0.6 is 0 Å². The lowest BCUT2D eigenvalue weighted by Gasteiger charge is -2.10. The Morgan fingerprint density at radius 2 is 1.96 bits per heavy atom. The van der Waals surface area contributed by atoms with Crippen molar-refractivity contribution in [3.63, 3.8) is 0 Å². The summed E-state index contributed by atoms with van der Waals surface area (Å²) in [6.45, 7) is 2.13. The van der Waals surface area contributed by atoms with Crippen molar-refractivity contribution in [2.24, 2.45) is 4.99 Å². The molecule has 0 radical (unpaired) electrons. The number of nitro groups is 1. The Balaban J connectivity index is 1.85. The highest BCUT2D eigenvalue weighted by atomic mass is 32.2. The topological polar surface area (TPSA) is 131 Å². The third kappa shape index (κ3) is 4.17. The van der Waals surface area contributed by atoms with Crippen molar-refractivity contribution in [2.75, 3.05) is 11.9 Å². The number of nitro benzene ring substituents is 1. The molecule has 2 N–H and O–H groups in total. The standard InChI is InChI=1S/C18H18N4O5S/c1-12-5-2-8-15(17(12)22(24)25)18(23)20-13-6-3-7-14(11-13)28(26,27)21-16-9-4-10-19-16/h2-3,5-8,11H,4,9-10H2,1H3,(H,19,21)(H,20,23). The molecule has 0 fully saturated rings. The minimum Gasteiger partial charge on any atom is -0.322 e. The van der Waals surface area contributed by atoms with Crippen molar-refractivity contribution in [1.82, 2.24) is 4.72 Å².